The molecular weight excluding hydrogens is 408 g/mol. The summed E-state index contributed by atoms with van der Waals surface area (Å²) in [5.41, 5.74) is 2.16. The van der Waals surface area contributed by atoms with Crippen molar-refractivity contribution in [1.29, 1.82) is 0 Å². The SMILES string of the molecule is Cc1ccc2nc(NC(=O)CSc3nc(O)c(-c4ccccc4)c(=O)[nH]3)sc2c1. The second-order valence-corrected chi connectivity index (χ2v) is 8.26. The van der Waals surface area contributed by atoms with Crippen molar-refractivity contribution in [3.05, 3.63) is 64.4 Å². The molecular formula is C20H16N4O3S2. The lowest BCUT2D eigenvalue weighted by atomic mass is 10.1. The largest absolute Gasteiger partial charge is 0.493 e. The van der Waals surface area contributed by atoms with E-state index in [1.807, 2.05) is 31.2 Å². The number of anilines is 1. The fraction of sp³-hybridized carbons (Fsp3) is 0.100. The monoisotopic (exact) mass is 424 g/mol. The summed E-state index contributed by atoms with van der Waals surface area (Å²) in [7, 11) is 0. The summed E-state index contributed by atoms with van der Waals surface area (Å²) in [6.07, 6.45) is 0. The Balaban J connectivity index is 1.44. The van der Waals surface area contributed by atoms with Gasteiger partial charge < -0.3 is 15.4 Å². The van der Waals surface area contributed by atoms with Crippen molar-refractivity contribution < 1.29 is 9.90 Å². The van der Waals surface area contributed by atoms with E-state index in [0.29, 0.717) is 10.7 Å². The fourth-order valence-electron chi connectivity index (χ4n) is 2.75. The van der Waals surface area contributed by atoms with E-state index in [9.17, 15) is 14.7 Å². The minimum atomic E-state index is -0.465. The minimum absolute atomic E-state index is 0.0159. The standard InChI is InChI=1S/C20H16N4O3S2/c1-11-7-8-13-14(9-11)29-20(21-13)22-15(25)10-28-19-23-17(26)16(18(27)24-19)12-5-3-2-4-6-12/h2-9H,10H2,1H3,(H,21,22,25)(H2,23,24,26,27). The van der Waals surface area contributed by atoms with Crippen molar-refractivity contribution in [2.45, 2.75) is 12.1 Å². The Hall–Kier alpha value is -3.17. The predicted octanol–water partition coefficient (Wildman–Crippen LogP) is 3.79. The Labute approximate surface area is 173 Å². The Bertz CT molecular complexity index is 1250. The van der Waals surface area contributed by atoms with Gasteiger partial charge in [0.2, 0.25) is 11.8 Å². The minimum Gasteiger partial charge on any atom is -0.493 e. The summed E-state index contributed by atoms with van der Waals surface area (Å²) in [4.78, 5) is 35.6. The van der Waals surface area contributed by atoms with Crippen LogP contribution in [0, 0.1) is 6.92 Å². The van der Waals surface area contributed by atoms with Crippen molar-refractivity contribution in [1.82, 2.24) is 15.0 Å². The fourth-order valence-corrected chi connectivity index (χ4v) is 4.39. The number of aromatic hydroxyl groups is 1. The number of aromatic amines is 1. The van der Waals surface area contributed by atoms with Crippen molar-refractivity contribution >= 4 is 44.4 Å². The molecule has 29 heavy (non-hydrogen) atoms. The van der Waals surface area contributed by atoms with E-state index in [2.05, 4.69) is 20.3 Å². The lowest BCUT2D eigenvalue weighted by molar-refractivity contribution is -0.113. The number of aromatic nitrogens is 3. The zero-order chi connectivity index (χ0) is 20.4. The van der Waals surface area contributed by atoms with E-state index in [-0.39, 0.29) is 28.3 Å². The molecule has 0 bridgehead atoms. The van der Waals surface area contributed by atoms with Gasteiger partial charge in [0.25, 0.3) is 5.56 Å². The van der Waals surface area contributed by atoms with Crippen molar-refractivity contribution in [3.63, 3.8) is 0 Å². The van der Waals surface area contributed by atoms with Crippen LogP contribution in [0.3, 0.4) is 0 Å². The highest BCUT2D eigenvalue weighted by Crippen LogP contribution is 2.27. The second kappa shape index (κ2) is 8.06. The summed E-state index contributed by atoms with van der Waals surface area (Å²) in [6.45, 7) is 2.00. The third kappa shape index (κ3) is 4.30. The van der Waals surface area contributed by atoms with Gasteiger partial charge >= 0.3 is 0 Å². The van der Waals surface area contributed by atoms with E-state index < -0.39 is 5.56 Å². The number of carbonyl (C=O) groups excluding carboxylic acids is 1. The molecule has 146 valence electrons. The number of thiazole rings is 1. The quantitative estimate of drug-likeness (QED) is 0.332. The van der Waals surface area contributed by atoms with Gasteiger partial charge in [-0.25, -0.2) is 4.98 Å². The number of aryl methyl sites for hydroxylation is 1. The number of nitrogens with zero attached hydrogens (tertiary/aromatic N) is 2. The molecule has 2 aromatic carbocycles. The molecule has 4 aromatic rings. The zero-order valence-electron chi connectivity index (χ0n) is 15.3. The molecule has 0 radical (unpaired) electrons. The molecule has 0 saturated carbocycles. The van der Waals surface area contributed by atoms with Gasteiger partial charge in [0.1, 0.15) is 5.56 Å². The van der Waals surface area contributed by atoms with E-state index in [1.165, 1.54) is 11.3 Å². The molecule has 0 aliphatic carbocycles. The summed E-state index contributed by atoms with van der Waals surface area (Å²) in [5.74, 6) is -0.633. The lowest BCUT2D eigenvalue weighted by Gasteiger charge is -2.06. The van der Waals surface area contributed by atoms with Gasteiger partial charge in [-0.05, 0) is 30.2 Å². The Morgan fingerprint density at radius 2 is 2.00 bits per heavy atom. The first-order chi connectivity index (χ1) is 14.0. The van der Waals surface area contributed by atoms with Crippen LogP contribution in [0.25, 0.3) is 21.3 Å². The molecule has 7 nitrogen and oxygen atoms in total. The number of rotatable bonds is 5. The average molecular weight is 425 g/mol. The van der Waals surface area contributed by atoms with Gasteiger partial charge in [0.15, 0.2) is 10.3 Å². The number of nitrogens with one attached hydrogen (secondary N) is 2. The summed E-state index contributed by atoms with van der Waals surface area (Å²) < 4.78 is 1.00. The Morgan fingerprint density at radius 3 is 2.76 bits per heavy atom. The highest BCUT2D eigenvalue weighted by Gasteiger charge is 2.14. The maximum absolute atomic E-state index is 12.3. The van der Waals surface area contributed by atoms with Crippen LogP contribution in [0.2, 0.25) is 0 Å². The molecule has 9 heteroatoms. The first-order valence-corrected chi connectivity index (χ1v) is 10.5. The van der Waals surface area contributed by atoms with Crippen LogP contribution in [-0.4, -0.2) is 31.7 Å². The van der Waals surface area contributed by atoms with Gasteiger partial charge in [-0.1, -0.05) is 59.5 Å². The highest BCUT2D eigenvalue weighted by molar-refractivity contribution is 7.99. The molecule has 2 aromatic heterocycles. The van der Waals surface area contributed by atoms with Crippen molar-refractivity contribution in [3.8, 4) is 17.0 Å². The number of hydrogen-bond donors (Lipinski definition) is 3. The molecule has 0 fully saturated rings. The first kappa shape index (κ1) is 19.2. The number of fused-ring (bicyclic) bond motifs is 1. The maximum atomic E-state index is 12.3. The van der Waals surface area contributed by atoms with Crippen LogP contribution in [-0.2, 0) is 4.79 Å². The molecule has 3 N–H and O–H groups in total. The molecule has 0 aliphatic rings. The summed E-state index contributed by atoms with van der Waals surface area (Å²) in [6, 6.07) is 14.7. The second-order valence-electron chi connectivity index (χ2n) is 6.26. The molecule has 1 amide bonds. The normalized spacial score (nSPS) is 10.9. The third-order valence-electron chi connectivity index (χ3n) is 4.07. The van der Waals surface area contributed by atoms with Crippen LogP contribution < -0.4 is 10.9 Å². The number of amides is 1. The number of benzene rings is 2. The average Bonchev–Trinajstić information content (AvgIpc) is 3.08. The van der Waals surface area contributed by atoms with Crippen LogP contribution in [0.5, 0.6) is 5.88 Å². The van der Waals surface area contributed by atoms with E-state index in [4.69, 9.17) is 0 Å². The van der Waals surface area contributed by atoms with Crippen LogP contribution in [0.1, 0.15) is 5.56 Å². The number of thioether (sulfide) groups is 1. The molecule has 4 rings (SSSR count). The predicted molar refractivity (Wildman–Crippen MR) is 116 cm³/mol. The maximum Gasteiger partial charge on any atom is 0.263 e. The lowest BCUT2D eigenvalue weighted by Crippen LogP contribution is -2.16. The van der Waals surface area contributed by atoms with Gasteiger partial charge in [0, 0.05) is 0 Å². The smallest absolute Gasteiger partial charge is 0.263 e. The van der Waals surface area contributed by atoms with E-state index in [1.54, 1.807) is 24.3 Å². The van der Waals surface area contributed by atoms with E-state index >= 15 is 0 Å². The third-order valence-corrected chi connectivity index (χ3v) is 5.88. The zero-order valence-corrected chi connectivity index (χ0v) is 16.9. The molecule has 0 spiro atoms. The van der Waals surface area contributed by atoms with Gasteiger partial charge in [-0.15, -0.1) is 0 Å². The number of carbonyl (C=O) groups is 1. The number of hydrogen-bond acceptors (Lipinski definition) is 7. The molecule has 0 saturated heterocycles. The van der Waals surface area contributed by atoms with Crippen LogP contribution in [0.15, 0.2) is 58.5 Å². The van der Waals surface area contributed by atoms with Gasteiger partial charge in [-0.2, -0.15) is 4.98 Å². The van der Waals surface area contributed by atoms with Gasteiger partial charge in [-0.3, -0.25) is 9.59 Å². The van der Waals surface area contributed by atoms with Crippen LogP contribution in [0.4, 0.5) is 5.13 Å². The highest BCUT2D eigenvalue weighted by atomic mass is 32.2. The summed E-state index contributed by atoms with van der Waals surface area (Å²) in [5, 5.41) is 13.6. The Kier molecular flexibility index (Phi) is 5.32. The molecule has 0 unspecified atom stereocenters. The Morgan fingerprint density at radius 1 is 1.21 bits per heavy atom. The van der Waals surface area contributed by atoms with Crippen LogP contribution >= 0.6 is 23.1 Å². The topological polar surface area (TPSA) is 108 Å². The molecule has 0 aliphatic heterocycles. The van der Waals surface area contributed by atoms with Crippen molar-refractivity contribution in [2.75, 3.05) is 11.1 Å². The van der Waals surface area contributed by atoms with E-state index in [0.717, 1.165) is 27.5 Å². The molecule has 0 atom stereocenters. The molecule has 2 heterocycles. The first-order valence-electron chi connectivity index (χ1n) is 8.68. The van der Waals surface area contributed by atoms with Gasteiger partial charge in [0.05, 0.1) is 16.0 Å². The summed E-state index contributed by atoms with van der Waals surface area (Å²) >= 11 is 2.43. The van der Waals surface area contributed by atoms with Crippen molar-refractivity contribution in [2.24, 2.45) is 0 Å². The number of H-pyrrole nitrogens is 1.